The van der Waals surface area contributed by atoms with Crippen LogP contribution >= 0.6 is 7.82 Å². The fourth-order valence-corrected chi connectivity index (χ4v) is 10.8. The van der Waals surface area contributed by atoms with Gasteiger partial charge in [-0.25, -0.2) is 0 Å². The Morgan fingerprint density at radius 3 is 1.06 bits per heavy atom. The summed E-state index contributed by atoms with van der Waals surface area (Å²) in [4.78, 5) is 25.7. The molecule has 3 unspecified atom stereocenters. The lowest BCUT2D eigenvalue weighted by Crippen LogP contribution is -2.46. The van der Waals surface area contributed by atoms with Crippen molar-refractivity contribution in [3.63, 3.8) is 0 Å². The van der Waals surface area contributed by atoms with Crippen molar-refractivity contribution in [2.45, 2.75) is 321 Å². The molecule has 9 heteroatoms. The molecule has 0 heterocycles. The van der Waals surface area contributed by atoms with Crippen LogP contribution in [0.4, 0.5) is 0 Å². The molecular formula is C75H135N2O6P. The molecule has 0 aromatic rings. The van der Waals surface area contributed by atoms with Crippen LogP contribution in [0.1, 0.15) is 309 Å². The minimum Gasteiger partial charge on any atom is -0.756 e. The standard InChI is InChI=1S/C75H135N2O6P/c1-6-8-10-12-14-16-18-20-22-24-26-28-30-32-34-35-36-37-38-39-40-41-43-45-47-49-51-53-55-57-59-61-63-65-67-69-75(79)76-73(72-83-84(80,81)82-71-70-77(3,4)5)74(78)68-66-64-62-60-58-56-54-52-50-48-46-44-42-33-31-29-27-25-23-21-19-17-15-13-11-9-7-2/h8,10,14,16,20,22,26,28,32,34,36-37,39-40,43,45,49,51,73-74,78H,6-7,9,11-13,15,17-19,21,23-25,27,29-31,33,35,38,41-42,44,46-48,50,52-72H2,1-5H3,(H-,76,79,80,81)/b10-8-,16-14-,22-20-,28-26-,34-32-,37-36-,40-39-,45-43-,51-49-. The molecule has 84 heavy (non-hydrogen) atoms. The lowest BCUT2D eigenvalue weighted by Gasteiger charge is -2.30. The third-order valence-electron chi connectivity index (χ3n) is 15.5. The molecule has 2 N–H and O–H groups in total. The molecule has 0 saturated heterocycles. The number of hydrogen-bond donors (Lipinski definition) is 2. The van der Waals surface area contributed by atoms with E-state index < -0.39 is 20.0 Å². The predicted octanol–water partition coefficient (Wildman–Crippen LogP) is 22.0. The summed E-state index contributed by atoms with van der Waals surface area (Å²) in [6.45, 7) is 4.62. The average Bonchev–Trinajstić information content (AvgIpc) is 3.56. The number of allylic oxidation sites excluding steroid dienone is 18. The Bertz CT molecular complexity index is 1740. The summed E-state index contributed by atoms with van der Waals surface area (Å²) in [5, 5.41) is 14.1. The maximum absolute atomic E-state index is 13.1. The van der Waals surface area contributed by atoms with Crippen LogP contribution in [-0.2, 0) is 18.4 Å². The minimum atomic E-state index is -4.59. The molecule has 0 saturated carbocycles. The van der Waals surface area contributed by atoms with Gasteiger partial charge in [-0.1, -0.05) is 329 Å². The molecule has 1 amide bonds. The van der Waals surface area contributed by atoms with E-state index in [-0.39, 0.29) is 19.1 Å². The number of carbonyl (C=O) groups is 1. The first kappa shape index (κ1) is 81.2. The number of hydrogen-bond acceptors (Lipinski definition) is 6. The predicted molar refractivity (Wildman–Crippen MR) is 366 cm³/mol. The van der Waals surface area contributed by atoms with Gasteiger partial charge in [0.2, 0.25) is 5.91 Å². The number of phosphoric ester groups is 1. The smallest absolute Gasteiger partial charge is 0.268 e. The monoisotopic (exact) mass is 1190 g/mol. The molecule has 486 valence electrons. The number of amides is 1. The molecule has 8 nitrogen and oxygen atoms in total. The van der Waals surface area contributed by atoms with Gasteiger partial charge in [0.25, 0.3) is 7.82 Å². The zero-order chi connectivity index (χ0) is 61.2. The first-order chi connectivity index (χ1) is 41.0. The van der Waals surface area contributed by atoms with Crippen LogP contribution in [0.2, 0.25) is 0 Å². The number of carbonyl (C=O) groups excluding carboxylic acids is 1. The fourth-order valence-electron chi connectivity index (χ4n) is 10.1. The molecule has 0 rings (SSSR count). The van der Waals surface area contributed by atoms with Gasteiger partial charge < -0.3 is 28.8 Å². The van der Waals surface area contributed by atoms with E-state index in [1.807, 2.05) is 21.1 Å². The number of rotatable bonds is 64. The number of nitrogens with zero attached hydrogens (tertiary/aromatic N) is 1. The quantitative estimate of drug-likeness (QED) is 0.0272. The van der Waals surface area contributed by atoms with E-state index in [2.05, 4.69) is 129 Å². The summed E-state index contributed by atoms with van der Waals surface area (Å²) in [6, 6.07) is -0.816. The van der Waals surface area contributed by atoms with E-state index >= 15 is 0 Å². The molecule has 0 radical (unpaired) electrons. The van der Waals surface area contributed by atoms with E-state index in [1.165, 1.54) is 173 Å². The van der Waals surface area contributed by atoms with Crippen LogP contribution in [0.25, 0.3) is 0 Å². The zero-order valence-electron chi connectivity index (χ0n) is 55.6. The van der Waals surface area contributed by atoms with Crippen LogP contribution in [0.15, 0.2) is 109 Å². The van der Waals surface area contributed by atoms with Crippen LogP contribution in [0, 0.1) is 0 Å². The Kier molecular flexibility index (Phi) is 62.4. The first-order valence-electron chi connectivity index (χ1n) is 35.2. The zero-order valence-corrected chi connectivity index (χ0v) is 56.5. The highest BCUT2D eigenvalue weighted by Crippen LogP contribution is 2.38. The SMILES string of the molecule is CC/C=C\C/C=C\C/C=C\C/C=C\C/C=C\C/C=C\C/C=C\C/C=C\C/C=C\CCCCCCCCCC(=O)NC(COP(=O)([O-])OCC[N+](C)(C)C)C(O)CCCCCCCCCCCCCCCCCCCCCCCCCCCCC. The van der Waals surface area contributed by atoms with E-state index in [0.717, 1.165) is 109 Å². The highest BCUT2D eigenvalue weighted by molar-refractivity contribution is 7.45. The fraction of sp³-hybridized carbons (Fsp3) is 0.747. The normalized spacial score (nSPS) is 14.3. The number of nitrogens with one attached hydrogen (secondary N) is 1. The van der Waals surface area contributed by atoms with Crippen molar-refractivity contribution in [1.29, 1.82) is 0 Å². The van der Waals surface area contributed by atoms with Gasteiger partial charge in [-0.3, -0.25) is 9.36 Å². The van der Waals surface area contributed by atoms with Gasteiger partial charge in [0.05, 0.1) is 39.9 Å². The van der Waals surface area contributed by atoms with Gasteiger partial charge in [0.15, 0.2) is 0 Å². The molecule has 0 fully saturated rings. The van der Waals surface area contributed by atoms with Gasteiger partial charge in [0, 0.05) is 6.42 Å². The molecule has 0 aromatic heterocycles. The van der Waals surface area contributed by atoms with Crippen LogP contribution in [0.5, 0.6) is 0 Å². The van der Waals surface area contributed by atoms with Crippen molar-refractivity contribution >= 4 is 13.7 Å². The van der Waals surface area contributed by atoms with Gasteiger partial charge in [0.1, 0.15) is 13.2 Å². The largest absolute Gasteiger partial charge is 0.756 e. The highest BCUT2D eigenvalue weighted by Gasteiger charge is 2.24. The Labute approximate surface area is 521 Å². The molecular weight excluding hydrogens is 1060 g/mol. The van der Waals surface area contributed by atoms with Crippen molar-refractivity contribution < 1.29 is 32.9 Å². The summed E-state index contributed by atoms with van der Waals surface area (Å²) in [6.07, 6.45) is 94.4. The van der Waals surface area contributed by atoms with Gasteiger partial charge >= 0.3 is 0 Å². The Morgan fingerprint density at radius 1 is 0.429 bits per heavy atom. The molecule has 0 spiro atoms. The Balaban J connectivity index is 4.12. The van der Waals surface area contributed by atoms with Crippen LogP contribution in [0.3, 0.4) is 0 Å². The number of unbranched alkanes of at least 4 members (excludes halogenated alkanes) is 33. The lowest BCUT2D eigenvalue weighted by atomic mass is 10.0. The summed E-state index contributed by atoms with van der Waals surface area (Å²) in [5.41, 5.74) is 0. The highest BCUT2D eigenvalue weighted by atomic mass is 31.2. The Hall–Kier alpha value is -2.84. The van der Waals surface area contributed by atoms with Gasteiger partial charge in [-0.2, -0.15) is 0 Å². The molecule has 0 aliphatic heterocycles. The van der Waals surface area contributed by atoms with E-state index in [9.17, 15) is 19.4 Å². The average molecular weight is 1190 g/mol. The van der Waals surface area contributed by atoms with Crippen LogP contribution < -0.4 is 10.2 Å². The third kappa shape index (κ3) is 66.7. The first-order valence-corrected chi connectivity index (χ1v) is 36.7. The number of phosphoric acid groups is 1. The molecule has 0 bridgehead atoms. The van der Waals surface area contributed by atoms with Crippen LogP contribution in [-0.4, -0.2) is 68.5 Å². The molecule has 0 aliphatic rings. The summed E-state index contributed by atoms with van der Waals surface area (Å²) in [5.74, 6) is -0.176. The summed E-state index contributed by atoms with van der Waals surface area (Å²) < 4.78 is 23.5. The number of quaternary nitrogens is 1. The second-order valence-electron chi connectivity index (χ2n) is 24.9. The maximum Gasteiger partial charge on any atom is 0.268 e. The Morgan fingerprint density at radius 2 is 0.726 bits per heavy atom. The molecule has 0 aromatic carbocycles. The van der Waals surface area contributed by atoms with Crippen molar-refractivity contribution in [2.75, 3.05) is 40.9 Å². The van der Waals surface area contributed by atoms with E-state index in [0.29, 0.717) is 23.9 Å². The topological polar surface area (TPSA) is 108 Å². The van der Waals surface area contributed by atoms with E-state index in [4.69, 9.17) is 9.05 Å². The van der Waals surface area contributed by atoms with E-state index in [1.54, 1.807) is 0 Å². The molecule has 0 aliphatic carbocycles. The molecule has 3 atom stereocenters. The van der Waals surface area contributed by atoms with Crippen molar-refractivity contribution in [2.24, 2.45) is 0 Å². The summed E-state index contributed by atoms with van der Waals surface area (Å²) >= 11 is 0. The van der Waals surface area contributed by atoms with Gasteiger partial charge in [-0.05, 0) is 83.5 Å². The number of aliphatic hydroxyl groups is 1. The third-order valence-corrected chi connectivity index (χ3v) is 16.5. The van der Waals surface area contributed by atoms with Crippen molar-refractivity contribution in [1.82, 2.24) is 5.32 Å². The van der Waals surface area contributed by atoms with Gasteiger partial charge in [-0.15, -0.1) is 0 Å². The van der Waals surface area contributed by atoms with Crippen molar-refractivity contribution in [3.8, 4) is 0 Å². The van der Waals surface area contributed by atoms with Crippen molar-refractivity contribution in [3.05, 3.63) is 109 Å². The lowest BCUT2D eigenvalue weighted by molar-refractivity contribution is -0.870. The second-order valence-corrected chi connectivity index (χ2v) is 26.3. The summed E-state index contributed by atoms with van der Waals surface area (Å²) in [7, 11) is 1.29. The second kappa shape index (κ2) is 64.6. The number of likely N-dealkylation sites (N-methyl/N-ethyl adjacent to an activating group) is 1. The maximum atomic E-state index is 13.1. The minimum absolute atomic E-state index is 0.00508. The number of aliphatic hydroxyl groups excluding tert-OH is 1.